The van der Waals surface area contributed by atoms with Gasteiger partial charge < -0.3 is 10.1 Å². The minimum atomic E-state index is 0.804. The summed E-state index contributed by atoms with van der Waals surface area (Å²) in [6, 6.07) is 10.0. The maximum atomic E-state index is 5.41. The molecule has 0 aliphatic rings. The predicted octanol–water partition coefficient (Wildman–Crippen LogP) is 4.57. The third-order valence-electron chi connectivity index (χ3n) is 3.51. The molecule has 0 saturated heterocycles. The lowest BCUT2D eigenvalue weighted by Gasteiger charge is -2.11. The fourth-order valence-electron chi connectivity index (χ4n) is 2.32. The second-order valence-electron chi connectivity index (χ2n) is 4.95. The van der Waals surface area contributed by atoms with Crippen molar-refractivity contribution in [3.63, 3.8) is 0 Å². The number of aromatic nitrogens is 2. The van der Waals surface area contributed by atoms with Crippen LogP contribution in [0.2, 0.25) is 0 Å². The molecule has 114 valence electrons. The molecule has 0 radical (unpaired) electrons. The molecule has 0 fully saturated rings. The van der Waals surface area contributed by atoms with E-state index in [4.69, 9.17) is 4.74 Å². The van der Waals surface area contributed by atoms with E-state index in [-0.39, 0.29) is 0 Å². The maximum absolute atomic E-state index is 5.41. The summed E-state index contributed by atoms with van der Waals surface area (Å²) in [4.78, 5) is 11.7. The van der Waals surface area contributed by atoms with Gasteiger partial charge >= 0.3 is 0 Å². The van der Waals surface area contributed by atoms with Crippen LogP contribution in [0.3, 0.4) is 0 Å². The topological polar surface area (TPSA) is 47.0 Å². The van der Waals surface area contributed by atoms with Crippen LogP contribution in [-0.4, -0.2) is 17.1 Å². The number of methoxy groups -OCH3 is 1. The second-order valence-corrected chi connectivity index (χ2v) is 6.07. The maximum Gasteiger partial charge on any atom is 0.143 e. The van der Waals surface area contributed by atoms with E-state index in [1.165, 1.54) is 4.88 Å². The number of benzene rings is 1. The van der Waals surface area contributed by atoms with Crippen molar-refractivity contribution in [1.82, 2.24) is 9.97 Å². The highest BCUT2D eigenvalue weighted by atomic mass is 32.1. The van der Waals surface area contributed by atoms with Crippen LogP contribution >= 0.6 is 11.3 Å². The van der Waals surface area contributed by atoms with Gasteiger partial charge in [-0.1, -0.05) is 26.0 Å². The molecule has 3 rings (SSSR count). The SMILES string of the molecule is CCc1nc(Nc2ccccc2OC)c2cc(CC)sc2n1. The standard InChI is InChI=1S/C17H19N3OS/c1-4-11-10-12-16(19-15(5-2)20-17(12)22-11)18-13-8-6-7-9-14(13)21-3/h6-10H,4-5H2,1-3H3,(H,18,19,20). The summed E-state index contributed by atoms with van der Waals surface area (Å²) in [6.45, 7) is 4.23. The number of hydrogen-bond acceptors (Lipinski definition) is 5. The van der Waals surface area contributed by atoms with Gasteiger partial charge in [-0.25, -0.2) is 9.97 Å². The van der Waals surface area contributed by atoms with Crippen LogP contribution in [0, 0.1) is 0 Å². The van der Waals surface area contributed by atoms with Crippen LogP contribution in [0.25, 0.3) is 10.2 Å². The molecule has 0 bridgehead atoms. The van der Waals surface area contributed by atoms with Gasteiger partial charge in [0.25, 0.3) is 0 Å². The summed E-state index contributed by atoms with van der Waals surface area (Å²) in [7, 11) is 1.67. The van der Waals surface area contributed by atoms with E-state index >= 15 is 0 Å². The van der Waals surface area contributed by atoms with Crippen molar-refractivity contribution < 1.29 is 4.74 Å². The molecule has 3 aromatic rings. The van der Waals surface area contributed by atoms with Crippen LogP contribution < -0.4 is 10.1 Å². The van der Waals surface area contributed by atoms with Gasteiger partial charge in [0.15, 0.2) is 0 Å². The first kappa shape index (κ1) is 14.8. The molecule has 2 heterocycles. The Kier molecular flexibility index (Phi) is 4.24. The Hall–Kier alpha value is -2.14. The zero-order chi connectivity index (χ0) is 15.5. The largest absolute Gasteiger partial charge is 0.495 e. The third kappa shape index (κ3) is 2.76. The minimum absolute atomic E-state index is 0.804. The number of rotatable bonds is 5. The summed E-state index contributed by atoms with van der Waals surface area (Å²) < 4.78 is 5.41. The summed E-state index contributed by atoms with van der Waals surface area (Å²) in [5, 5.41) is 4.48. The quantitative estimate of drug-likeness (QED) is 0.749. The normalized spacial score (nSPS) is 10.9. The average Bonchev–Trinajstić information content (AvgIpc) is 2.98. The first-order chi connectivity index (χ1) is 10.7. The molecule has 2 aromatic heterocycles. The van der Waals surface area contributed by atoms with Crippen LogP contribution in [-0.2, 0) is 12.8 Å². The second kappa shape index (κ2) is 6.32. The van der Waals surface area contributed by atoms with Crippen LogP contribution in [0.5, 0.6) is 5.75 Å². The van der Waals surface area contributed by atoms with Crippen molar-refractivity contribution in [3.8, 4) is 5.75 Å². The molecule has 22 heavy (non-hydrogen) atoms. The number of hydrogen-bond donors (Lipinski definition) is 1. The highest BCUT2D eigenvalue weighted by Gasteiger charge is 2.12. The molecule has 0 atom stereocenters. The number of fused-ring (bicyclic) bond motifs is 1. The Morgan fingerprint density at radius 1 is 1.14 bits per heavy atom. The van der Waals surface area contributed by atoms with E-state index in [2.05, 4.69) is 35.2 Å². The minimum Gasteiger partial charge on any atom is -0.495 e. The van der Waals surface area contributed by atoms with Gasteiger partial charge in [-0.3, -0.25) is 0 Å². The number of para-hydroxylation sites is 2. The molecule has 0 amide bonds. The van der Waals surface area contributed by atoms with Crippen LogP contribution in [0.4, 0.5) is 11.5 Å². The van der Waals surface area contributed by atoms with Crippen molar-refractivity contribution in [2.24, 2.45) is 0 Å². The fraction of sp³-hybridized carbons (Fsp3) is 0.294. The monoisotopic (exact) mass is 313 g/mol. The molecule has 0 spiro atoms. The predicted molar refractivity (Wildman–Crippen MR) is 92.4 cm³/mol. The third-order valence-corrected chi connectivity index (χ3v) is 4.69. The number of nitrogens with one attached hydrogen (secondary N) is 1. The molecule has 1 N–H and O–H groups in total. The van der Waals surface area contributed by atoms with Crippen molar-refractivity contribution in [1.29, 1.82) is 0 Å². The lowest BCUT2D eigenvalue weighted by molar-refractivity contribution is 0.417. The average molecular weight is 313 g/mol. The van der Waals surface area contributed by atoms with Crippen LogP contribution in [0.15, 0.2) is 30.3 Å². The lowest BCUT2D eigenvalue weighted by atomic mass is 10.2. The van der Waals surface area contributed by atoms with Crippen molar-refractivity contribution in [2.75, 3.05) is 12.4 Å². The van der Waals surface area contributed by atoms with Crippen molar-refractivity contribution in [3.05, 3.63) is 41.0 Å². The zero-order valence-electron chi connectivity index (χ0n) is 13.0. The Balaban J connectivity index is 2.10. The molecule has 0 aliphatic heterocycles. The van der Waals surface area contributed by atoms with E-state index in [0.29, 0.717) is 0 Å². The highest BCUT2D eigenvalue weighted by Crippen LogP contribution is 2.33. The van der Waals surface area contributed by atoms with Crippen molar-refractivity contribution >= 4 is 33.1 Å². The molecule has 4 nitrogen and oxygen atoms in total. The molecule has 0 saturated carbocycles. The molecule has 0 aliphatic carbocycles. The Morgan fingerprint density at radius 2 is 1.95 bits per heavy atom. The molecule has 1 aromatic carbocycles. The van der Waals surface area contributed by atoms with Gasteiger partial charge in [-0.05, 0) is 24.6 Å². The summed E-state index contributed by atoms with van der Waals surface area (Å²) >= 11 is 1.74. The van der Waals surface area contributed by atoms with E-state index in [0.717, 1.165) is 46.1 Å². The number of ether oxygens (including phenoxy) is 1. The fourth-order valence-corrected chi connectivity index (χ4v) is 3.30. The smallest absolute Gasteiger partial charge is 0.143 e. The summed E-state index contributed by atoms with van der Waals surface area (Å²) in [6.07, 6.45) is 1.83. The Labute approximate surface area is 134 Å². The molecule has 5 heteroatoms. The highest BCUT2D eigenvalue weighted by molar-refractivity contribution is 7.18. The van der Waals surface area contributed by atoms with Gasteiger partial charge in [-0.15, -0.1) is 11.3 Å². The van der Waals surface area contributed by atoms with Gasteiger partial charge in [0.1, 0.15) is 22.2 Å². The summed E-state index contributed by atoms with van der Waals surface area (Å²) in [5.74, 6) is 2.51. The molecular weight excluding hydrogens is 294 g/mol. The van der Waals surface area contributed by atoms with Crippen LogP contribution in [0.1, 0.15) is 24.5 Å². The van der Waals surface area contributed by atoms with Gasteiger partial charge in [0.2, 0.25) is 0 Å². The lowest BCUT2D eigenvalue weighted by Crippen LogP contribution is -2.01. The number of anilines is 2. The van der Waals surface area contributed by atoms with E-state index in [9.17, 15) is 0 Å². The number of thiophene rings is 1. The Morgan fingerprint density at radius 3 is 2.68 bits per heavy atom. The van der Waals surface area contributed by atoms with E-state index in [1.807, 2.05) is 24.3 Å². The summed E-state index contributed by atoms with van der Waals surface area (Å²) in [5.41, 5.74) is 0.913. The molecular formula is C17H19N3OS. The number of aryl methyl sites for hydroxylation is 2. The number of nitrogens with zero attached hydrogens (tertiary/aromatic N) is 2. The van der Waals surface area contributed by atoms with Crippen molar-refractivity contribution in [2.45, 2.75) is 26.7 Å². The van der Waals surface area contributed by atoms with Gasteiger partial charge in [0, 0.05) is 11.3 Å². The Bertz CT molecular complexity index is 798. The molecule has 0 unspecified atom stereocenters. The van der Waals surface area contributed by atoms with E-state index in [1.54, 1.807) is 18.4 Å². The van der Waals surface area contributed by atoms with Gasteiger partial charge in [-0.2, -0.15) is 0 Å². The zero-order valence-corrected chi connectivity index (χ0v) is 13.8. The first-order valence-electron chi connectivity index (χ1n) is 7.44. The van der Waals surface area contributed by atoms with E-state index < -0.39 is 0 Å². The van der Waals surface area contributed by atoms with Gasteiger partial charge in [0.05, 0.1) is 18.2 Å². The first-order valence-corrected chi connectivity index (χ1v) is 8.26.